The van der Waals surface area contributed by atoms with Crippen LogP contribution >= 0.6 is 0 Å². The van der Waals surface area contributed by atoms with Gasteiger partial charge in [-0.2, -0.15) is 5.26 Å². The summed E-state index contributed by atoms with van der Waals surface area (Å²) in [4.78, 5) is 11.6. The van der Waals surface area contributed by atoms with E-state index in [-0.39, 0.29) is 18.8 Å². The molecule has 0 aromatic heterocycles. The van der Waals surface area contributed by atoms with Crippen LogP contribution in [-0.2, 0) is 17.8 Å². The summed E-state index contributed by atoms with van der Waals surface area (Å²) < 4.78 is 18.5. The number of hydrogen-bond acceptors (Lipinski definition) is 3. The number of amides is 1. The number of halogens is 1. The van der Waals surface area contributed by atoms with Crippen LogP contribution in [0.25, 0.3) is 6.08 Å². The van der Waals surface area contributed by atoms with Crippen LogP contribution in [0.1, 0.15) is 23.1 Å². The van der Waals surface area contributed by atoms with Gasteiger partial charge in [0, 0.05) is 12.1 Å². The number of alkyl carbamates (subject to hydrolysis) is 1. The maximum atomic E-state index is 13.4. The predicted octanol–water partition coefficient (Wildman–Crippen LogP) is 4.22. The van der Waals surface area contributed by atoms with Crippen molar-refractivity contribution in [1.82, 2.24) is 5.32 Å². The second-order valence-electron chi connectivity index (χ2n) is 5.37. The standard InChI is InChI=1S/C20H19FN2O2/c21-19-10-9-16(14-18(19)11-12-22)6-4-5-13-23-20(24)25-15-17-7-2-1-3-8-17/h1-4,6-10,14H,5,11,13,15H2,(H,23,24). The van der Waals surface area contributed by atoms with Crippen LogP contribution in [0.3, 0.4) is 0 Å². The van der Waals surface area contributed by atoms with Crippen LogP contribution in [0.5, 0.6) is 0 Å². The van der Waals surface area contributed by atoms with Crippen LogP contribution in [0, 0.1) is 17.1 Å². The van der Waals surface area contributed by atoms with Crippen molar-refractivity contribution in [3.8, 4) is 6.07 Å². The zero-order chi connectivity index (χ0) is 17.9. The minimum atomic E-state index is -0.463. The maximum absolute atomic E-state index is 13.4. The molecule has 4 nitrogen and oxygen atoms in total. The fraction of sp³-hybridized carbons (Fsp3) is 0.200. The number of nitrogens with zero attached hydrogens (tertiary/aromatic N) is 1. The van der Waals surface area contributed by atoms with Crippen molar-refractivity contribution >= 4 is 12.2 Å². The van der Waals surface area contributed by atoms with Gasteiger partial charge in [-0.1, -0.05) is 48.6 Å². The van der Waals surface area contributed by atoms with Gasteiger partial charge in [-0.25, -0.2) is 9.18 Å². The Morgan fingerprint density at radius 3 is 2.80 bits per heavy atom. The average Bonchev–Trinajstić information content (AvgIpc) is 2.63. The van der Waals surface area contributed by atoms with Crippen LogP contribution in [-0.4, -0.2) is 12.6 Å². The minimum Gasteiger partial charge on any atom is -0.445 e. The number of nitriles is 1. The first-order chi connectivity index (χ1) is 12.2. The highest BCUT2D eigenvalue weighted by atomic mass is 19.1. The zero-order valence-electron chi connectivity index (χ0n) is 13.7. The van der Waals surface area contributed by atoms with Crippen LogP contribution < -0.4 is 5.32 Å². The molecule has 0 spiro atoms. The molecule has 128 valence electrons. The second-order valence-corrected chi connectivity index (χ2v) is 5.37. The summed E-state index contributed by atoms with van der Waals surface area (Å²) >= 11 is 0. The average molecular weight is 338 g/mol. The SMILES string of the molecule is N#CCc1cc(C=CCCNC(=O)OCc2ccccc2)ccc1F. The Kier molecular flexibility index (Phi) is 7.20. The van der Waals surface area contributed by atoms with E-state index in [0.29, 0.717) is 18.5 Å². The molecule has 0 fully saturated rings. The van der Waals surface area contributed by atoms with E-state index in [4.69, 9.17) is 10.00 Å². The largest absolute Gasteiger partial charge is 0.445 e. The Morgan fingerprint density at radius 1 is 1.24 bits per heavy atom. The van der Waals surface area contributed by atoms with Crippen molar-refractivity contribution in [1.29, 1.82) is 5.26 Å². The van der Waals surface area contributed by atoms with Crippen LogP contribution in [0.15, 0.2) is 54.6 Å². The summed E-state index contributed by atoms with van der Waals surface area (Å²) in [5.41, 5.74) is 2.13. The van der Waals surface area contributed by atoms with Crippen molar-refractivity contribution in [2.24, 2.45) is 0 Å². The molecule has 0 saturated heterocycles. The Balaban J connectivity index is 1.70. The van der Waals surface area contributed by atoms with E-state index >= 15 is 0 Å². The molecule has 0 radical (unpaired) electrons. The lowest BCUT2D eigenvalue weighted by Gasteiger charge is -2.06. The summed E-state index contributed by atoms with van der Waals surface area (Å²) in [5.74, 6) is -0.374. The monoisotopic (exact) mass is 338 g/mol. The summed E-state index contributed by atoms with van der Waals surface area (Å²) in [5, 5.41) is 11.3. The highest BCUT2D eigenvalue weighted by Crippen LogP contribution is 2.12. The summed E-state index contributed by atoms with van der Waals surface area (Å²) in [7, 11) is 0. The molecule has 0 saturated carbocycles. The quantitative estimate of drug-likeness (QED) is 0.769. The van der Waals surface area contributed by atoms with Gasteiger partial charge in [-0.3, -0.25) is 0 Å². The number of rotatable bonds is 7. The maximum Gasteiger partial charge on any atom is 0.407 e. The van der Waals surface area contributed by atoms with Gasteiger partial charge < -0.3 is 10.1 Å². The summed E-state index contributed by atoms with van der Waals surface area (Å²) in [6.45, 7) is 0.677. The van der Waals surface area contributed by atoms with E-state index < -0.39 is 6.09 Å². The molecule has 5 heteroatoms. The molecule has 0 atom stereocenters. The Hall–Kier alpha value is -3.13. The van der Waals surface area contributed by atoms with Crippen molar-refractivity contribution in [2.75, 3.05) is 6.54 Å². The van der Waals surface area contributed by atoms with Crippen molar-refractivity contribution in [3.63, 3.8) is 0 Å². The smallest absolute Gasteiger partial charge is 0.407 e. The van der Waals surface area contributed by atoms with Gasteiger partial charge in [0.05, 0.1) is 12.5 Å². The number of hydrogen-bond donors (Lipinski definition) is 1. The zero-order valence-corrected chi connectivity index (χ0v) is 13.7. The molecule has 0 heterocycles. The van der Waals surface area contributed by atoms with E-state index in [2.05, 4.69) is 5.32 Å². The fourth-order valence-corrected chi connectivity index (χ4v) is 2.17. The van der Waals surface area contributed by atoms with Crippen LogP contribution in [0.2, 0.25) is 0 Å². The number of benzene rings is 2. The third-order valence-electron chi connectivity index (χ3n) is 3.44. The molecule has 0 unspecified atom stereocenters. The number of nitrogens with one attached hydrogen (secondary N) is 1. The number of ether oxygens (including phenoxy) is 1. The topological polar surface area (TPSA) is 62.1 Å². The lowest BCUT2D eigenvalue weighted by molar-refractivity contribution is 0.140. The number of carbonyl (C=O) groups excluding carboxylic acids is 1. The van der Waals surface area contributed by atoms with Gasteiger partial charge >= 0.3 is 6.09 Å². The van der Waals surface area contributed by atoms with Gasteiger partial charge in [0.1, 0.15) is 12.4 Å². The molecule has 0 aliphatic carbocycles. The first kappa shape index (κ1) is 18.2. The van der Waals surface area contributed by atoms with Crippen molar-refractivity contribution in [3.05, 3.63) is 77.1 Å². The van der Waals surface area contributed by atoms with E-state index in [1.165, 1.54) is 6.07 Å². The van der Waals surface area contributed by atoms with E-state index in [1.807, 2.05) is 48.6 Å². The molecule has 0 aliphatic rings. The Labute approximate surface area is 146 Å². The van der Waals surface area contributed by atoms with E-state index in [1.54, 1.807) is 12.1 Å². The molecule has 2 aromatic rings. The molecule has 25 heavy (non-hydrogen) atoms. The fourth-order valence-electron chi connectivity index (χ4n) is 2.17. The highest BCUT2D eigenvalue weighted by molar-refractivity contribution is 5.67. The Bertz CT molecular complexity index is 767. The third kappa shape index (κ3) is 6.48. The van der Waals surface area contributed by atoms with Gasteiger partial charge in [-0.15, -0.1) is 0 Å². The molecule has 1 amide bonds. The van der Waals surface area contributed by atoms with E-state index in [9.17, 15) is 9.18 Å². The summed E-state index contributed by atoms with van der Waals surface area (Å²) in [6, 6.07) is 16.0. The van der Waals surface area contributed by atoms with E-state index in [0.717, 1.165) is 11.1 Å². The molecular weight excluding hydrogens is 319 g/mol. The molecule has 0 bridgehead atoms. The second kappa shape index (κ2) is 9.89. The lowest BCUT2D eigenvalue weighted by Crippen LogP contribution is -2.24. The molecular formula is C20H19FN2O2. The third-order valence-corrected chi connectivity index (χ3v) is 3.44. The first-order valence-corrected chi connectivity index (χ1v) is 7.95. The normalized spacial score (nSPS) is 10.4. The highest BCUT2D eigenvalue weighted by Gasteiger charge is 2.02. The lowest BCUT2D eigenvalue weighted by atomic mass is 10.1. The van der Waals surface area contributed by atoms with Gasteiger partial charge in [0.25, 0.3) is 0 Å². The molecule has 2 aromatic carbocycles. The van der Waals surface area contributed by atoms with Crippen molar-refractivity contribution in [2.45, 2.75) is 19.4 Å². The molecule has 1 N–H and O–H groups in total. The number of carbonyl (C=O) groups is 1. The van der Waals surface area contributed by atoms with Crippen molar-refractivity contribution < 1.29 is 13.9 Å². The predicted molar refractivity (Wildman–Crippen MR) is 94.0 cm³/mol. The first-order valence-electron chi connectivity index (χ1n) is 7.95. The van der Waals surface area contributed by atoms with Gasteiger partial charge in [0.15, 0.2) is 0 Å². The van der Waals surface area contributed by atoms with Crippen LogP contribution in [0.4, 0.5) is 9.18 Å². The minimum absolute atomic E-state index is 0.0440. The van der Waals surface area contributed by atoms with Gasteiger partial charge in [-0.05, 0) is 29.7 Å². The van der Waals surface area contributed by atoms with Gasteiger partial charge in [0.2, 0.25) is 0 Å². The molecule has 0 aliphatic heterocycles. The summed E-state index contributed by atoms with van der Waals surface area (Å²) in [6.07, 6.45) is 3.90. The Morgan fingerprint density at radius 2 is 2.04 bits per heavy atom. The molecule has 2 rings (SSSR count).